The minimum Gasteiger partial charge on any atom is -0.491 e. The number of hydrogen-bond acceptors (Lipinski definition) is 11. The van der Waals surface area contributed by atoms with Crippen molar-refractivity contribution in [2.24, 2.45) is 10.3 Å². The molecule has 1 aromatic carbocycles. The van der Waals surface area contributed by atoms with E-state index in [2.05, 4.69) is 117 Å². The first-order valence-corrected chi connectivity index (χ1v) is 19.3. The maximum Gasteiger partial charge on any atom is 0.269 e. The SMILES string of the molecule is O=C(NCCCOc1c(Br)cc(CCNC(=O)C2=NO[C@]3(C=C(Br)C(=O)[C@H](Br)[C@@H]3O)C2)cc1Br)C1=NO[C@]2(C=C(Br)C(=O)[C@H](Br)[C@@H]2O)C1. The van der Waals surface area contributed by atoms with Gasteiger partial charge >= 0.3 is 0 Å². The lowest BCUT2D eigenvalue weighted by Crippen LogP contribution is -2.52. The topological polar surface area (TPSA) is 185 Å². The van der Waals surface area contributed by atoms with Gasteiger partial charge in [0.2, 0.25) is 0 Å². The lowest BCUT2D eigenvalue weighted by molar-refractivity contribution is -0.125. The Bertz CT molecular complexity index is 1650. The number of benzene rings is 1. The fourth-order valence-corrected chi connectivity index (χ4v) is 10.1. The number of amides is 2. The second-order valence-corrected chi connectivity index (χ2v) is 16.7. The van der Waals surface area contributed by atoms with E-state index in [1.54, 1.807) is 0 Å². The van der Waals surface area contributed by atoms with Crippen LogP contribution in [0.4, 0.5) is 0 Å². The van der Waals surface area contributed by atoms with E-state index in [0.717, 1.165) is 5.56 Å². The largest absolute Gasteiger partial charge is 0.491 e. The summed E-state index contributed by atoms with van der Waals surface area (Å²) < 4.78 is 7.79. The van der Waals surface area contributed by atoms with Gasteiger partial charge in [-0.25, -0.2) is 0 Å². The standard InChI is InChI=1S/C29H26Br6N4O9/c30-13-6-12(2-4-37-27(45)18-11-29(48-39-18)9-16(33)22(41)20(35)25(29)43)7-14(31)23(13)46-5-1-3-36-26(44)17-10-28(47-38-17)8-15(32)21(40)19(34)24(28)42/h6-9,19-20,24-25,42-43H,1-5,10-11H2,(H,36,44)(H,37,45)/t19-,20-,24-,25-,28+,29+/m0/s1. The van der Waals surface area contributed by atoms with Crippen LogP contribution < -0.4 is 15.4 Å². The fraction of sp³-hybridized carbons (Fsp3) is 0.448. The van der Waals surface area contributed by atoms with Gasteiger partial charge in [-0.05, 0) is 106 Å². The summed E-state index contributed by atoms with van der Waals surface area (Å²) >= 11 is 19.8. The number of ketones is 2. The molecule has 2 amide bonds. The lowest BCUT2D eigenvalue weighted by Gasteiger charge is -2.34. The molecule has 0 unspecified atom stereocenters. The number of allylic oxidation sites excluding steroid dienone is 2. The Morgan fingerprint density at radius 1 is 0.833 bits per heavy atom. The van der Waals surface area contributed by atoms with Gasteiger partial charge in [-0.15, -0.1) is 0 Å². The predicted octanol–water partition coefficient (Wildman–Crippen LogP) is 3.76. The molecule has 2 aliphatic carbocycles. The first-order chi connectivity index (χ1) is 22.7. The molecule has 13 nitrogen and oxygen atoms in total. The van der Waals surface area contributed by atoms with E-state index in [1.165, 1.54) is 12.2 Å². The number of carbonyl (C=O) groups is 4. The number of rotatable bonds is 10. The van der Waals surface area contributed by atoms with Crippen molar-refractivity contribution >= 4 is 130 Å². The zero-order chi connectivity index (χ0) is 35.0. The summed E-state index contributed by atoms with van der Waals surface area (Å²) in [6, 6.07) is 3.75. The van der Waals surface area contributed by atoms with Crippen molar-refractivity contribution in [2.45, 2.75) is 58.7 Å². The number of carbonyl (C=O) groups excluding carboxylic acids is 4. The highest BCUT2D eigenvalue weighted by molar-refractivity contribution is 9.12. The molecule has 5 rings (SSSR count). The van der Waals surface area contributed by atoms with E-state index in [4.69, 9.17) is 14.4 Å². The maximum absolute atomic E-state index is 12.8. The highest BCUT2D eigenvalue weighted by Crippen LogP contribution is 2.41. The third-order valence-corrected chi connectivity index (χ3v) is 12.2. The Kier molecular flexibility index (Phi) is 12.1. The molecular weight excluding hydrogens is 1030 g/mol. The number of nitrogens with one attached hydrogen (secondary N) is 2. The van der Waals surface area contributed by atoms with Crippen molar-refractivity contribution in [2.75, 3.05) is 19.7 Å². The number of aliphatic hydroxyl groups is 2. The molecule has 0 saturated carbocycles. The molecule has 2 spiro atoms. The minimum absolute atomic E-state index is 0.00160. The number of halogens is 6. The van der Waals surface area contributed by atoms with Crippen LogP contribution >= 0.6 is 95.6 Å². The van der Waals surface area contributed by atoms with Gasteiger partial charge in [-0.2, -0.15) is 0 Å². The Balaban J connectivity index is 1.04. The van der Waals surface area contributed by atoms with Gasteiger partial charge in [-0.3, -0.25) is 19.2 Å². The van der Waals surface area contributed by atoms with Crippen molar-refractivity contribution in [1.29, 1.82) is 0 Å². The van der Waals surface area contributed by atoms with Gasteiger partial charge in [0.15, 0.2) is 22.8 Å². The van der Waals surface area contributed by atoms with Crippen LogP contribution in [0.3, 0.4) is 0 Å². The van der Waals surface area contributed by atoms with E-state index in [9.17, 15) is 29.4 Å². The molecular formula is C29H26Br6N4O9. The normalized spacial score (nSPS) is 29.5. The molecule has 4 N–H and O–H groups in total. The Labute approximate surface area is 324 Å². The van der Waals surface area contributed by atoms with Crippen molar-refractivity contribution in [3.05, 3.63) is 47.8 Å². The first-order valence-electron chi connectivity index (χ1n) is 14.3. The molecule has 0 fully saturated rings. The molecule has 0 bridgehead atoms. The van der Waals surface area contributed by atoms with Crippen LogP contribution in [0.2, 0.25) is 0 Å². The number of nitrogens with zero attached hydrogens (tertiary/aromatic N) is 2. The van der Waals surface area contributed by atoms with Gasteiger partial charge in [0.1, 0.15) is 39.0 Å². The third kappa shape index (κ3) is 7.72. The Hall–Kier alpha value is -1.48. The molecule has 1 aromatic rings. The summed E-state index contributed by atoms with van der Waals surface area (Å²) in [4.78, 5) is 58.7. The average Bonchev–Trinajstić information content (AvgIpc) is 3.68. The molecule has 0 radical (unpaired) electrons. The van der Waals surface area contributed by atoms with Crippen molar-refractivity contribution in [3.63, 3.8) is 0 Å². The Morgan fingerprint density at radius 3 is 1.77 bits per heavy atom. The second-order valence-electron chi connectivity index (χ2n) is 11.3. The highest BCUT2D eigenvalue weighted by atomic mass is 79.9. The smallest absolute Gasteiger partial charge is 0.269 e. The molecule has 6 atom stereocenters. The van der Waals surface area contributed by atoms with E-state index < -0.39 is 44.9 Å². The summed E-state index contributed by atoms with van der Waals surface area (Å²) in [5.41, 5.74) is -1.52. The maximum atomic E-state index is 12.8. The number of Topliss-reactive ketones (excluding diaryl/α,β-unsaturated/α-hetero) is 2. The lowest BCUT2D eigenvalue weighted by atomic mass is 9.83. The summed E-state index contributed by atoms with van der Waals surface area (Å²) in [6.07, 6.45) is 1.41. The van der Waals surface area contributed by atoms with Crippen LogP contribution in [0.1, 0.15) is 24.8 Å². The van der Waals surface area contributed by atoms with Crippen molar-refractivity contribution < 1.29 is 43.8 Å². The fourth-order valence-electron chi connectivity index (χ4n) is 5.30. The van der Waals surface area contributed by atoms with Crippen molar-refractivity contribution in [3.8, 4) is 5.75 Å². The van der Waals surface area contributed by atoms with Gasteiger partial charge in [0, 0.05) is 25.9 Å². The van der Waals surface area contributed by atoms with E-state index in [-0.39, 0.29) is 57.9 Å². The summed E-state index contributed by atoms with van der Waals surface area (Å²) in [5, 5.41) is 34.5. The van der Waals surface area contributed by atoms with Gasteiger partial charge in [0.25, 0.3) is 11.8 Å². The first kappa shape index (κ1) is 37.8. The Morgan fingerprint density at radius 2 is 1.29 bits per heavy atom. The van der Waals surface area contributed by atoms with Gasteiger partial charge in [0.05, 0.1) is 24.5 Å². The van der Waals surface area contributed by atoms with Gasteiger partial charge in [-0.1, -0.05) is 42.2 Å². The quantitative estimate of drug-likeness (QED) is 0.200. The zero-order valence-electron chi connectivity index (χ0n) is 24.5. The molecule has 4 aliphatic rings. The second kappa shape index (κ2) is 15.4. The average molecular weight is 1050 g/mol. The van der Waals surface area contributed by atoms with Crippen LogP contribution in [0.25, 0.3) is 0 Å². The number of alkyl halides is 2. The highest BCUT2D eigenvalue weighted by Gasteiger charge is 2.54. The molecule has 2 aliphatic heterocycles. The number of aliphatic hydroxyl groups excluding tert-OH is 2. The van der Waals surface area contributed by atoms with E-state index >= 15 is 0 Å². The molecule has 2 heterocycles. The molecule has 19 heteroatoms. The van der Waals surface area contributed by atoms with Gasteiger partial charge < -0.3 is 35.3 Å². The summed E-state index contributed by atoms with van der Waals surface area (Å²) in [6.45, 7) is 0.875. The van der Waals surface area contributed by atoms with Crippen molar-refractivity contribution in [1.82, 2.24) is 10.6 Å². The van der Waals surface area contributed by atoms with Crippen LogP contribution in [0.5, 0.6) is 5.75 Å². The summed E-state index contributed by atoms with van der Waals surface area (Å²) in [5.74, 6) is -0.962. The number of hydrogen-bond donors (Lipinski definition) is 4. The van der Waals surface area contributed by atoms with Crippen LogP contribution in [0, 0.1) is 0 Å². The summed E-state index contributed by atoms with van der Waals surface area (Å²) in [7, 11) is 0. The zero-order valence-corrected chi connectivity index (χ0v) is 34.0. The molecule has 258 valence electrons. The third-order valence-electron chi connectivity index (χ3n) is 7.94. The predicted molar refractivity (Wildman–Crippen MR) is 195 cm³/mol. The molecule has 48 heavy (non-hydrogen) atoms. The van der Waals surface area contributed by atoms with Crippen LogP contribution in [0.15, 0.2) is 52.5 Å². The van der Waals surface area contributed by atoms with Crippen LogP contribution in [-0.2, 0) is 35.3 Å². The minimum atomic E-state index is -1.32. The van der Waals surface area contributed by atoms with E-state index in [1.807, 2.05) is 12.1 Å². The molecule has 0 aromatic heterocycles. The number of ether oxygens (including phenoxy) is 1. The number of oxime groups is 2. The monoisotopic (exact) mass is 1050 g/mol. The van der Waals surface area contributed by atoms with Crippen LogP contribution in [-0.4, -0.2) is 97.8 Å². The van der Waals surface area contributed by atoms with E-state index in [0.29, 0.717) is 34.1 Å². The molecule has 0 saturated heterocycles.